The number of hydrogen-bond donors (Lipinski definition) is 0. The number of benzene rings is 1. The van der Waals surface area contributed by atoms with Crippen LogP contribution in [0.2, 0.25) is 0 Å². The van der Waals surface area contributed by atoms with E-state index >= 15 is 0 Å². The largest absolute Gasteiger partial charge is 0.368 e. The van der Waals surface area contributed by atoms with Gasteiger partial charge in [0.1, 0.15) is 5.82 Å². The fraction of sp³-hybridized carbons (Fsp3) is 0.571. The number of para-hydroxylation sites is 1. The molecule has 1 nitrogen and oxygen atoms in total. The Morgan fingerprint density at radius 1 is 1.41 bits per heavy atom. The van der Waals surface area contributed by atoms with Crippen LogP contribution in [0.3, 0.4) is 0 Å². The summed E-state index contributed by atoms with van der Waals surface area (Å²) in [6.45, 7) is 6.42. The molecule has 2 rings (SSSR count). The third kappa shape index (κ3) is 2.82. The first-order valence-corrected chi connectivity index (χ1v) is 7.24. The van der Waals surface area contributed by atoms with E-state index in [1.807, 2.05) is 6.07 Å². The van der Waals surface area contributed by atoms with Crippen LogP contribution in [0.5, 0.6) is 0 Å². The standard InChI is InChI=1S/C14H19BrFN/c1-14(2)7-4-8-17(10-14)13-11(9-15)5-3-6-12(13)16/h3,5-6H,4,7-10H2,1-2H3. The maximum Gasteiger partial charge on any atom is 0.146 e. The van der Waals surface area contributed by atoms with Crippen molar-refractivity contribution in [2.45, 2.75) is 32.0 Å². The molecule has 0 aromatic heterocycles. The summed E-state index contributed by atoms with van der Waals surface area (Å²) in [7, 11) is 0. The van der Waals surface area contributed by atoms with E-state index in [4.69, 9.17) is 0 Å². The minimum atomic E-state index is -0.0975. The second-order valence-electron chi connectivity index (χ2n) is 5.57. The van der Waals surface area contributed by atoms with Crippen LogP contribution in [0.1, 0.15) is 32.3 Å². The fourth-order valence-corrected chi connectivity index (χ4v) is 3.09. The zero-order chi connectivity index (χ0) is 12.5. The summed E-state index contributed by atoms with van der Waals surface area (Å²) in [5, 5.41) is 0.705. The Labute approximate surface area is 111 Å². The molecule has 94 valence electrons. The Kier molecular flexibility index (Phi) is 3.76. The second-order valence-corrected chi connectivity index (χ2v) is 6.13. The molecule has 1 saturated heterocycles. The van der Waals surface area contributed by atoms with Gasteiger partial charge in [-0.1, -0.05) is 41.9 Å². The van der Waals surface area contributed by atoms with Crippen LogP contribution in [0.15, 0.2) is 18.2 Å². The third-order valence-corrected chi connectivity index (χ3v) is 4.04. The van der Waals surface area contributed by atoms with Crippen molar-refractivity contribution >= 4 is 21.6 Å². The average Bonchev–Trinajstić information content (AvgIpc) is 2.27. The third-order valence-electron chi connectivity index (χ3n) is 3.43. The molecule has 1 fully saturated rings. The fourth-order valence-electron chi connectivity index (χ4n) is 2.64. The molecule has 0 atom stereocenters. The molecule has 0 N–H and O–H groups in total. The van der Waals surface area contributed by atoms with Crippen molar-refractivity contribution in [2.24, 2.45) is 5.41 Å². The van der Waals surface area contributed by atoms with Gasteiger partial charge in [-0.15, -0.1) is 0 Å². The molecule has 0 aliphatic carbocycles. The van der Waals surface area contributed by atoms with Gasteiger partial charge >= 0.3 is 0 Å². The molecule has 3 heteroatoms. The summed E-state index contributed by atoms with van der Waals surface area (Å²) >= 11 is 3.44. The van der Waals surface area contributed by atoms with E-state index in [1.165, 1.54) is 6.42 Å². The first-order chi connectivity index (χ1) is 8.03. The van der Waals surface area contributed by atoms with Gasteiger partial charge in [0.2, 0.25) is 0 Å². The molecule has 0 bridgehead atoms. The smallest absolute Gasteiger partial charge is 0.146 e. The lowest BCUT2D eigenvalue weighted by atomic mass is 9.84. The topological polar surface area (TPSA) is 3.24 Å². The summed E-state index contributed by atoms with van der Waals surface area (Å²) in [5.74, 6) is -0.0975. The Morgan fingerprint density at radius 3 is 2.82 bits per heavy atom. The molecule has 1 aliphatic rings. The monoisotopic (exact) mass is 299 g/mol. The predicted molar refractivity (Wildman–Crippen MR) is 74.3 cm³/mol. The zero-order valence-corrected chi connectivity index (χ0v) is 12.1. The Bertz CT molecular complexity index is 403. The Morgan fingerprint density at radius 2 is 2.18 bits per heavy atom. The van der Waals surface area contributed by atoms with Gasteiger partial charge in [-0.2, -0.15) is 0 Å². The van der Waals surface area contributed by atoms with E-state index in [1.54, 1.807) is 12.1 Å². The van der Waals surface area contributed by atoms with E-state index in [9.17, 15) is 4.39 Å². The Hall–Kier alpha value is -0.570. The van der Waals surface area contributed by atoms with Crippen molar-refractivity contribution in [3.8, 4) is 0 Å². The molecule has 0 saturated carbocycles. The average molecular weight is 300 g/mol. The first-order valence-electron chi connectivity index (χ1n) is 6.12. The summed E-state index contributed by atoms with van der Waals surface area (Å²) in [5.41, 5.74) is 2.12. The molecule has 0 unspecified atom stereocenters. The number of anilines is 1. The van der Waals surface area contributed by atoms with Crippen LogP contribution in [0, 0.1) is 11.2 Å². The highest BCUT2D eigenvalue weighted by molar-refractivity contribution is 9.08. The Balaban J connectivity index is 2.33. The maximum absolute atomic E-state index is 14.0. The van der Waals surface area contributed by atoms with E-state index in [-0.39, 0.29) is 11.2 Å². The molecular weight excluding hydrogens is 281 g/mol. The van der Waals surface area contributed by atoms with Crippen LogP contribution < -0.4 is 4.90 Å². The highest BCUT2D eigenvalue weighted by atomic mass is 79.9. The molecule has 0 spiro atoms. The number of hydrogen-bond acceptors (Lipinski definition) is 1. The minimum absolute atomic E-state index is 0.0975. The quantitative estimate of drug-likeness (QED) is 0.734. The maximum atomic E-state index is 14.0. The molecule has 1 aliphatic heterocycles. The summed E-state index contributed by atoms with van der Waals surface area (Å²) < 4.78 is 14.0. The number of piperidine rings is 1. The number of halogens is 2. The lowest BCUT2D eigenvalue weighted by molar-refractivity contribution is 0.291. The lowest BCUT2D eigenvalue weighted by Gasteiger charge is -2.40. The minimum Gasteiger partial charge on any atom is -0.368 e. The molecule has 0 amide bonds. The lowest BCUT2D eigenvalue weighted by Crippen LogP contribution is -2.40. The number of nitrogens with zero attached hydrogens (tertiary/aromatic N) is 1. The molecule has 1 aromatic rings. The molecule has 17 heavy (non-hydrogen) atoms. The molecule has 1 heterocycles. The van der Waals surface area contributed by atoms with E-state index in [2.05, 4.69) is 34.7 Å². The SMILES string of the molecule is CC1(C)CCCN(c2c(F)cccc2CBr)C1. The van der Waals surface area contributed by atoms with E-state index in [0.717, 1.165) is 30.8 Å². The summed E-state index contributed by atoms with van der Waals surface area (Å²) in [4.78, 5) is 2.20. The molecule has 0 radical (unpaired) electrons. The highest BCUT2D eigenvalue weighted by Gasteiger charge is 2.28. The van der Waals surface area contributed by atoms with Crippen molar-refractivity contribution in [1.82, 2.24) is 0 Å². The summed E-state index contributed by atoms with van der Waals surface area (Å²) in [6, 6.07) is 5.34. The predicted octanol–water partition coefficient (Wildman–Crippen LogP) is 4.35. The molecule has 1 aromatic carbocycles. The number of alkyl halides is 1. The van der Waals surface area contributed by atoms with E-state index in [0.29, 0.717) is 5.33 Å². The van der Waals surface area contributed by atoms with Crippen molar-refractivity contribution in [1.29, 1.82) is 0 Å². The first kappa shape index (κ1) is 12.9. The van der Waals surface area contributed by atoms with Gasteiger partial charge in [0.05, 0.1) is 5.69 Å². The van der Waals surface area contributed by atoms with Crippen molar-refractivity contribution in [3.05, 3.63) is 29.6 Å². The van der Waals surface area contributed by atoms with Gasteiger partial charge in [-0.05, 0) is 29.9 Å². The van der Waals surface area contributed by atoms with Crippen molar-refractivity contribution in [3.63, 3.8) is 0 Å². The van der Waals surface area contributed by atoms with Gasteiger partial charge < -0.3 is 4.90 Å². The van der Waals surface area contributed by atoms with Crippen molar-refractivity contribution in [2.75, 3.05) is 18.0 Å². The normalized spacial score (nSPS) is 19.4. The van der Waals surface area contributed by atoms with Gasteiger partial charge in [0, 0.05) is 18.4 Å². The number of rotatable bonds is 2. The van der Waals surface area contributed by atoms with E-state index < -0.39 is 0 Å². The second kappa shape index (κ2) is 4.97. The van der Waals surface area contributed by atoms with Crippen LogP contribution in [0.4, 0.5) is 10.1 Å². The zero-order valence-electron chi connectivity index (χ0n) is 10.5. The van der Waals surface area contributed by atoms with Gasteiger partial charge in [-0.3, -0.25) is 0 Å². The van der Waals surface area contributed by atoms with Crippen LogP contribution in [0.25, 0.3) is 0 Å². The highest BCUT2D eigenvalue weighted by Crippen LogP contribution is 2.35. The van der Waals surface area contributed by atoms with Gasteiger partial charge in [0.15, 0.2) is 0 Å². The van der Waals surface area contributed by atoms with Crippen LogP contribution >= 0.6 is 15.9 Å². The van der Waals surface area contributed by atoms with Crippen LogP contribution in [-0.4, -0.2) is 13.1 Å². The summed E-state index contributed by atoms with van der Waals surface area (Å²) in [6.07, 6.45) is 2.37. The van der Waals surface area contributed by atoms with Crippen LogP contribution in [-0.2, 0) is 5.33 Å². The van der Waals surface area contributed by atoms with Crippen molar-refractivity contribution < 1.29 is 4.39 Å². The molecular formula is C14H19BrFN. The van der Waals surface area contributed by atoms with Gasteiger partial charge in [0.25, 0.3) is 0 Å². The van der Waals surface area contributed by atoms with Gasteiger partial charge in [-0.25, -0.2) is 4.39 Å².